The molecule has 0 bridgehead atoms. The maximum atomic E-state index is 13.5. The summed E-state index contributed by atoms with van der Waals surface area (Å²) < 4.78 is 54.6. The lowest BCUT2D eigenvalue weighted by Gasteiger charge is -2.10. The molecule has 0 aliphatic rings. The summed E-state index contributed by atoms with van der Waals surface area (Å²) in [5.41, 5.74) is -1.91. The minimum absolute atomic E-state index is 0.0165. The number of aromatic nitrogens is 2. The molecule has 0 saturated carbocycles. The van der Waals surface area contributed by atoms with Crippen LogP contribution >= 0.6 is 69.6 Å². The van der Waals surface area contributed by atoms with E-state index in [9.17, 15) is 21.6 Å². The van der Waals surface area contributed by atoms with Crippen LogP contribution < -0.4 is 5.69 Å². The van der Waals surface area contributed by atoms with E-state index < -0.39 is 35.5 Å². The molecule has 0 aliphatic carbocycles. The van der Waals surface area contributed by atoms with Gasteiger partial charge in [-0.05, 0) is 36.4 Å². The van der Waals surface area contributed by atoms with Gasteiger partial charge in [0.25, 0.3) is 20.0 Å². The van der Waals surface area contributed by atoms with E-state index in [2.05, 4.69) is 0 Å². The SMILES string of the molecule is O=c1n(S(=O)(=O)c2cc(Cl)c(Cl)cc2Cl)c2ccccc2n1S(=O)(=O)c1cc(Cl)c(Cl)cc1Cl. The van der Waals surface area contributed by atoms with Crippen LogP contribution in [-0.2, 0) is 20.0 Å². The molecular weight excluding hydrogens is 613 g/mol. The average Bonchev–Trinajstić information content (AvgIpc) is 3.06. The molecule has 0 spiro atoms. The quantitative estimate of drug-likeness (QED) is 0.253. The van der Waals surface area contributed by atoms with E-state index >= 15 is 0 Å². The van der Waals surface area contributed by atoms with Crippen molar-refractivity contribution in [2.75, 3.05) is 0 Å². The summed E-state index contributed by atoms with van der Waals surface area (Å²) in [5.74, 6) is 0. The first-order valence-electron chi connectivity index (χ1n) is 8.81. The number of nitrogens with zero attached hydrogens (tertiary/aromatic N) is 2. The third-order valence-electron chi connectivity index (χ3n) is 4.65. The van der Waals surface area contributed by atoms with E-state index in [1.54, 1.807) is 0 Å². The summed E-state index contributed by atoms with van der Waals surface area (Å²) in [5, 5.41) is -0.968. The van der Waals surface area contributed by atoms with Crippen LogP contribution in [0.15, 0.2) is 63.1 Å². The molecular formula is C19H8Cl6N2O5S2. The molecule has 3 aromatic carbocycles. The molecule has 0 atom stereocenters. The number of benzene rings is 3. The lowest BCUT2D eigenvalue weighted by atomic mass is 10.3. The Balaban J connectivity index is 2.11. The number of halogens is 6. The number of hydrogen-bond donors (Lipinski definition) is 0. The maximum absolute atomic E-state index is 13.5. The highest BCUT2D eigenvalue weighted by Gasteiger charge is 2.33. The van der Waals surface area contributed by atoms with Gasteiger partial charge in [0.1, 0.15) is 9.79 Å². The molecule has 178 valence electrons. The van der Waals surface area contributed by atoms with Gasteiger partial charge < -0.3 is 0 Å². The van der Waals surface area contributed by atoms with Crippen LogP contribution in [0, 0.1) is 0 Å². The van der Waals surface area contributed by atoms with Crippen molar-refractivity contribution >= 4 is 101 Å². The summed E-state index contributed by atoms with van der Waals surface area (Å²) in [6.45, 7) is 0. The number of imidazole rings is 1. The van der Waals surface area contributed by atoms with Crippen LogP contribution in [0.4, 0.5) is 0 Å². The first-order chi connectivity index (χ1) is 15.8. The summed E-state index contributed by atoms with van der Waals surface area (Å²) in [6, 6.07) is 9.46. The Labute approximate surface area is 223 Å². The average molecular weight is 621 g/mol. The van der Waals surface area contributed by atoms with Crippen molar-refractivity contribution in [3.8, 4) is 0 Å². The lowest BCUT2D eigenvalue weighted by molar-refractivity contribution is 0.582. The van der Waals surface area contributed by atoms with Crippen LogP contribution in [0.3, 0.4) is 0 Å². The molecule has 0 fully saturated rings. The summed E-state index contributed by atoms with van der Waals surface area (Å²) in [6.07, 6.45) is 0. The number of hydrogen-bond acceptors (Lipinski definition) is 5. The van der Waals surface area contributed by atoms with Gasteiger partial charge in [0.05, 0.1) is 41.2 Å². The van der Waals surface area contributed by atoms with Gasteiger partial charge in [-0.3, -0.25) is 0 Å². The van der Waals surface area contributed by atoms with Gasteiger partial charge in [-0.15, -0.1) is 0 Å². The van der Waals surface area contributed by atoms with Crippen molar-refractivity contribution in [1.82, 2.24) is 7.94 Å². The van der Waals surface area contributed by atoms with E-state index in [0.29, 0.717) is 7.94 Å². The fourth-order valence-electron chi connectivity index (χ4n) is 3.16. The van der Waals surface area contributed by atoms with Crippen LogP contribution in [0.1, 0.15) is 0 Å². The molecule has 15 heteroatoms. The zero-order chi connectivity index (χ0) is 25.2. The molecule has 0 aliphatic heterocycles. The molecule has 7 nitrogen and oxygen atoms in total. The number of fused-ring (bicyclic) bond motifs is 1. The topological polar surface area (TPSA) is 95.2 Å². The second-order valence-electron chi connectivity index (χ2n) is 6.70. The number of rotatable bonds is 4. The Morgan fingerprint density at radius 1 is 0.529 bits per heavy atom. The molecule has 0 radical (unpaired) electrons. The Morgan fingerprint density at radius 3 is 1.21 bits per heavy atom. The molecule has 1 aromatic heterocycles. The highest BCUT2D eigenvalue weighted by Crippen LogP contribution is 2.35. The van der Waals surface area contributed by atoms with Crippen molar-refractivity contribution in [3.05, 3.63) is 89.2 Å². The Hall–Kier alpha value is -1.43. The molecule has 34 heavy (non-hydrogen) atoms. The van der Waals surface area contributed by atoms with E-state index in [-0.39, 0.29) is 41.2 Å². The fraction of sp³-hybridized carbons (Fsp3) is 0. The predicted octanol–water partition coefficient (Wildman–Crippen LogP) is 6.20. The lowest BCUT2D eigenvalue weighted by Crippen LogP contribution is -2.33. The molecule has 4 rings (SSSR count). The smallest absolute Gasteiger partial charge is 0.245 e. The van der Waals surface area contributed by atoms with E-state index in [0.717, 1.165) is 24.3 Å². The van der Waals surface area contributed by atoms with Gasteiger partial charge in [0.15, 0.2) is 0 Å². The molecule has 0 saturated heterocycles. The van der Waals surface area contributed by atoms with Gasteiger partial charge in [0, 0.05) is 0 Å². The van der Waals surface area contributed by atoms with Crippen molar-refractivity contribution in [2.24, 2.45) is 0 Å². The molecule has 0 N–H and O–H groups in total. The third kappa shape index (κ3) is 4.02. The third-order valence-corrected chi connectivity index (χ3v) is 10.4. The summed E-state index contributed by atoms with van der Waals surface area (Å²) in [4.78, 5) is 12.3. The highest BCUT2D eigenvalue weighted by atomic mass is 35.5. The second-order valence-corrected chi connectivity index (χ2v) is 12.7. The Kier molecular flexibility index (Phi) is 6.72. The first kappa shape index (κ1) is 25.7. The van der Waals surface area contributed by atoms with Gasteiger partial charge in [-0.1, -0.05) is 81.7 Å². The first-order valence-corrected chi connectivity index (χ1v) is 14.0. The monoisotopic (exact) mass is 618 g/mol. The van der Waals surface area contributed by atoms with Crippen molar-refractivity contribution in [1.29, 1.82) is 0 Å². The van der Waals surface area contributed by atoms with Crippen LogP contribution in [0.2, 0.25) is 30.1 Å². The Morgan fingerprint density at radius 2 is 0.853 bits per heavy atom. The van der Waals surface area contributed by atoms with Crippen molar-refractivity contribution in [3.63, 3.8) is 0 Å². The van der Waals surface area contributed by atoms with E-state index in [1.807, 2.05) is 0 Å². The van der Waals surface area contributed by atoms with E-state index in [4.69, 9.17) is 69.6 Å². The van der Waals surface area contributed by atoms with Crippen molar-refractivity contribution < 1.29 is 16.8 Å². The van der Waals surface area contributed by atoms with Gasteiger partial charge in [-0.2, -0.15) is 7.94 Å². The zero-order valence-electron chi connectivity index (χ0n) is 16.1. The normalized spacial score (nSPS) is 12.4. The van der Waals surface area contributed by atoms with Crippen LogP contribution in [0.5, 0.6) is 0 Å². The second kappa shape index (κ2) is 8.90. The van der Waals surface area contributed by atoms with Crippen LogP contribution in [0.25, 0.3) is 11.0 Å². The molecule has 1 heterocycles. The maximum Gasteiger partial charge on any atom is 0.357 e. The number of para-hydroxylation sites is 2. The van der Waals surface area contributed by atoms with Crippen LogP contribution in [-0.4, -0.2) is 24.8 Å². The standard InChI is InChI=1S/C19H8Cl6N2O5S2/c20-9-5-13(24)17(7-11(9)22)33(29,30)26-15-3-1-2-4-16(15)27(19(26)28)34(31,32)18-8-12(23)10(21)6-14(18)25/h1-8H. The molecule has 0 unspecified atom stereocenters. The predicted molar refractivity (Wildman–Crippen MR) is 134 cm³/mol. The highest BCUT2D eigenvalue weighted by molar-refractivity contribution is 7.91. The Bertz CT molecular complexity index is 1650. The minimum atomic E-state index is -4.75. The summed E-state index contributed by atoms with van der Waals surface area (Å²) in [7, 11) is -9.50. The van der Waals surface area contributed by atoms with Crippen molar-refractivity contribution in [2.45, 2.75) is 9.79 Å². The minimum Gasteiger partial charge on any atom is -0.245 e. The summed E-state index contributed by atoms with van der Waals surface area (Å²) >= 11 is 35.8. The largest absolute Gasteiger partial charge is 0.357 e. The molecule has 4 aromatic rings. The zero-order valence-corrected chi connectivity index (χ0v) is 22.3. The van der Waals surface area contributed by atoms with E-state index in [1.165, 1.54) is 24.3 Å². The van der Waals surface area contributed by atoms with Gasteiger partial charge in [0.2, 0.25) is 0 Å². The molecule has 0 amide bonds. The fourth-order valence-corrected chi connectivity index (χ4v) is 7.96. The van der Waals surface area contributed by atoms with Gasteiger partial charge >= 0.3 is 5.69 Å². The van der Waals surface area contributed by atoms with Gasteiger partial charge in [-0.25, -0.2) is 21.6 Å².